The molecular formula is C20H21N5O. The average Bonchev–Trinajstić information content (AvgIpc) is 3.22. The lowest BCUT2D eigenvalue weighted by atomic mass is 9.99. The van der Waals surface area contributed by atoms with Crippen molar-refractivity contribution in [2.45, 2.75) is 12.5 Å². The maximum atomic E-state index is 12.7. The maximum Gasteiger partial charge on any atom is 0.254 e. The summed E-state index contributed by atoms with van der Waals surface area (Å²) in [5.74, 6) is 0.956. The third-order valence-electron chi connectivity index (χ3n) is 4.73. The smallest absolute Gasteiger partial charge is 0.254 e. The molecule has 3 heterocycles. The predicted octanol–water partition coefficient (Wildman–Crippen LogP) is 2.18. The molecule has 6 heteroatoms. The number of benzene rings is 1. The number of fused-ring (bicyclic) bond motifs is 1. The van der Waals surface area contributed by atoms with Crippen LogP contribution in [0.1, 0.15) is 33.4 Å². The van der Waals surface area contributed by atoms with Crippen LogP contribution in [-0.2, 0) is 6.42 Å². The highest BCUT2D eigenvalue weighted by Gasteiger charge is 2.24. The molecule has 0 bridgehead atoms. The number of imidazole rings is 1. The van der Waals surface area contributed by atoms with Gasteiger partial charge in [0.05, 0.1) is 6.04 Å². The topological polar surface area (TPSA) is 73.9 Å². The number of carbonyl (C=O) groups is 1. The summed E-state index contributed by atoms with van der Waals surface area (Å²) < 4.78 is 0. The molecule has 26 heavy (non-hydrogen) atoms. The molecule has 1 aromatic carbocycles. The molecule has 0 saturated heterocycles. The number of hydrogen-bond donors (Lipinski definition) is 2. The lowest BCUT2D eigenvalue weighted by Crippen LogP contribution is -2.42. The zero-order valence-corrected chi connectivity index (χ0v) is 14.4. The molecule has 1 atom stereocenters. The van der Waals surface area contributed by atoms with E-state index in [0.29, 0.717) is 13.1 Å². The Labute approximate surface area is 152 Å². The van der Waals surface area contributed by atoms with Crippen molar-refractivity contribution in [2.24, 2.45) is 0 Å². The molecule has 6 nitrogen and oxygen atoms in total. The normalized spacial score (nSPS) is 14.9. The van der Waals surface area contributed by atoms with Crippen molar-refractivity contribution >= 4 is 5.91 Å². The van der Waals surface area contributed by atoms with Crippen molar-refractivity contribution in [3.63, 3.8) is 0 Å². The van der Waals surface area contributed by atoms with Crippen LogP contribution in [0.3, 0.4) is 0 Å². The molecule has 4 rings (SSSR count). The molecule has 0 aliphatic carbocycles. The highest BCUT2D eigenvalue weighted by atomic mass is 16.2. The molecular weight excluding hydrogens is 326 g/mol. The zero-order chi connectivity index (χ0) is 17.8. The molecule has 1 amide bonds. The van der Waals surface area contributed by atoms with Gasteiger partial charge in [0.25, 0.3) is 5.91 Å². The van der Waals surface area contributed by atoms with Gasteiger partial charge in [0, 0.05) is 50.0 Å². The Morgan fingerprint density at radius 2 is 2.12 bits per heavy atom. The van der Waals surface area contributed by atoms with Gasteiger partial charge in [0.1, 0.15) is 5.82 Å². The van der Waals surface area contributed by atoms with Gasteiger partial charge in [0.2, 0.25) is 0 Å². The maximum absolute atomic E-state index is 12.7. The van der Waals surface area contributed by atoms with Gasteiger partial charge in [-0.15, -0.1) is 0 Å². The van der Waals surface area contributed by atoms with Crippen LogP contribution in [0.4, 0.5) is 0 Å². The Balaban J connectivity index is 1.42. The fourth-order valence-corrected chi connectivity index (χ4v) is 3.39. The largest absolute Gasteiger partial charge is 0.347 e. The van der Waals surface area contributed by atoms with Gasteiger partial charge in [-0.1, -0.05) is 24.3 Å². The molecule has 2 aromatic heterocycles. The molecule has 3 aromatic rings. The monoisotopic (exact) mass is 347 g/mol. The number of pyridine rings is 1. The number of aromatic amines is 1. The summed E-state index contributed by atoms with van der Waals surface area (Å²) in [6.45, 7) is 2.09. The van der Waals surface area contributed by atoms with Crippen molar-refractivity contribution in [1.29, 1.82) is 0 Å². The van der Waals surface area contributed by atoms with Crippen LogP contribution >= 0.6 is 0 Å². The fraction of sp³-hybridized carbons (Fsp3) is 0.250. The van der Waals surface area contributed by atoms with E-state index in [-0.39, 0.29) is 11.9 Å². The van der Waals surface area contributed by atoms with Gasteiger partial charge in [-0.2, -0.15) is 0 Å². The van der Waals surface area contributed by atoms with E-state index in [4.69, 9.17) is 0 Å². The van der Waals surface area contributed by atoms with Gasteiger partial charge in [-0.25, -0.2) is 4.98 Å². The molecule has 2 N–H and O–H groups in total. The summed E-state index contributed by atoms with van der Waals surface area (Å²) >= 11 is 0. The summed E-state index contributed by atoms with van der Waals surface area (Å²) in [7, 11) is 0. The second kappa shape index (κ2) is 7.49. The van der Waals surface area contributed by atoms with E-state index in [1.54, 1.807) is 12.4 Å². The first kappa shape index (κ1) is 16.5. The number of amides is 1. The third kappa shape index (κ3) is 3.36. The highest BCUT2D eigenvalue weighted by molar-refractivity contribution is 5.96. The average molecular weight is 347 g/mol. The second-order valence-corrected chi connectivity index (χ2v) is 6.35. The predicted molar refractivity (Wildman–Crippen MR) is 98.7 cm³/mol. The van der Waals surface area contributed by atoms with Gasteiger partial charge < -0.3 is 15.2 Å². The molecule has 0 fully saturated rings. The minimum absolute atomic E-state index is 0.0779. The van der Waals surface area contributed by atoms with Crippen molar-refractivity contribution < 1.29 is 4.79 Å². The van der Waals surface area contributed by atoms with Crippen LogP contribution in [0.5, 0.6) is 0 Å². The third-order valence-corrected chi connectivity index (χ3v) is 4.73. The Hall–Kier alpha value is -2.99. The van der Waals surface area contributed by atoms with E-state index < -0.39 is 0 Å². The molecule has 0 unspecified atom stereocenters. The van der Waals surface area contributed by atoms with Crippen molar-refractivity contribution in [3.05, 3.63) is 83.7 Å². The minimum Gasteiger partial charge on any atom is -0.347 e. The number of hydrogen-bond acceptors (Lipinski definition) is 4. The second-order valence-electron chi connectivity index (χ2n) is 6.35. The summed E-state index contributed by atoms with van der Waals surface area (Å²) in [4.78, 5) is 26.3. The van der Waals surface area contributed by atoms with Crippen LogP contribution in [0, 0.1) is 0 Å². The van der Waals surface area contributed by atoms with Gasteiger partial charge in [-0.3, -0.25) is 9.78 Å². The number of nitrogens with one attached hydrogen (secondary N) is 2. The van der Waals surface area contributed by atoms with Crippen molar-refractivity contribution in [1.82, 2.24) is 25.2 Å². The fourth-order valence-electron chi connectivity index (χ4n) is 3.39. The van der Waals surface area contributed by atoms with E-state index >= 15 is 0 Å². The van der Waals surface area contributed by atoms with E-state index in [9.17, 15) is 4.79 Å². The Kier molecular flexibility index (Phi) is 4.75. The van der Waals surface area contributed by atoms with Crippen molar-refractivity contribution in [2.75, 3.05) is 19.6 Å². The molecule has 132 valence electrons. The number of aromatic nitrogens is 3. The quantitative estimate of drug-likeness (QED) is 0.717. The zero-order valence-electron chi connectivity index (χ0n) is 14.4. The van der Waals surface area contributed by atoms with Crippen molar-refractivity contribution in [3.8, 4) is 0 Å². The van der Waals surface area contributed by atoms with Gasteiger partial charge in [-0.05, 0) is 29.7 Å². The first-order chi connectivity index (χ1) is 12.8. The summed E-state index contributed by atoms with van der Waals surface area (Å²) in [5, 5.41) is 3.50. The summed E-state index contributed by atoms with van der Waals surface area (Å²) in [6.07, 6.45) is 8.05. The first-order valence-corrected chi connectivity index (χ1v) is 8.82. The van der Waals surface area contributed by atoms with Crippen LogP contribution in [-0.4, -0.2) is 45.4 Å². The first-order valence-electron chi connectivity index (χ1n) is 8.82. The van der Waals surface area contributed by atoms with Crippen LogP contribution in [0.2, 0.25) is 0 Å². The molecule has 1 aliphatic rings. The number of H-pyrrole nitrogens is 1. The number of nitrogens with zero attached hydrogens (tertiary/aromatic N) is 3. The Morgan fingerprint density at radius 1 is 1.19 bits per heavy atom. The molecule has 1 aliphatic heterocycles. The minimum atomic E-state index is -0.0779. The van der Waals surface area contributed by atoms with E-state index in [2.05, 4.69) is 20.3 Å². The standard InChI is InChI=1S/C20H21N5O/c26-20-17-6-2-1-4-15(17)7-12-25(20)13-11-22-18(19-23-9-10-24-19)16-5-3-8-21-14-16/h1-6,8-10,14,18,22H,7,11-13H2,(H,23,24)/t18-/m0/s1. The summed E-state index contributed by atoms with van der Waals surface area (Å²) in [5.41, 5.74) is 3.01. The van der Waals surface area contributed by atoms with Gasteiger partial charge in [0.15, 0.2) is 0 Å². The molecule has 0 saturated carbocycles. The molecule has 0 spiro atoms. The van der Waals surface area contributed by atoms with E-state index in [0.717, 1.165) is 35.5 Å². The van der Waals surface area contributed by atoms with E-state index in [1.165, 1.54) is 0 Å². The van der Waals surface area contributed by atoms with Crippen LogP contribution < -0.4 is 5.32 Å². The van der Waals surface area contributed by atoms with Crippen LogP contribution in [0.25, 0.3) is 0 Å². The number of rotatable bonds is 6. The van der Waals surface area contributed by atoms with Crippen LogP contribution in [0.15, 0.2) is 61.2 Å². The van der Waals surface area contributed by atoms with E-state index in [1.807, 2.05) is 53.7 Å². The Bertz CT molecular complexity index is 863. The highest BCUT2D eigenvalue weighted by Crippen LogP contribution is 2.19. The molecule has 0 radical (unpaired) electrons. The SMILES string of the molecule is O=C1c2ccccc2CCN1CCN[C@@H](c1cccnc1)c1ncc[nH]1. The lowest BCUT2D eigenvalue weighted by Gasteiger charge is -2.29. The number of carbonyl (C=O) groups excluding carboxylic acids is 1. The Morgan fingerprint density at radius 3 is 2.92 bits per heavy atom. The summed E-state index contributed by atoms with van der Waals surface area (Å²) in [6, 6.07) is 11.7. The lowest BCUT2D eigenvalue weighted by molar-refractivity contribution is 0.0740. The van der Waals surface area contributed by atoms with Gasteiger partial charge >= 0.3 is 0 Å².